The third-order valence-corrected chi connectivity index (χ3v) is 3.89. The number of aliphatic hydroxyl groups excluding tert-OH is 1. The fourth-order valence-electron chi connectivity index (χ4n) is 2.26. The molecule has 0 saturated carbocycles. The first-order valence-corrected chi connectivity index (χ1v) is 8.41. The molecule has 11 heteroatoms. The number of nitro benzene ring substituents is 1. The van der Waals surface area contributed by atoms with Gasteiger partial charge in [-0.1, -0.05) is 11.8 Å². The number of benzene rings is 1. The molecule has 1 rings (SSSR count). The molecule has 3 N–H and O–H groups in total. The van der Waals surface area contributed by atoms with E-state index in [1.807, 2.05) is 0 Å². The molecule has 1 aromatic carbocycles. The molecule has 1 aromatic rings. The van der Waals surface area contributed by atoms with Crippen LogP contribution in [0.25, 0.3) is 5.76 Å². The number of amides is 2. The summed E-state index contributed by atoms with van der Waals surface area (Å²) < 4.78 is 0. The zero-order valence-electron chi connectivity index (χ0n) is 16.7. The van der Waals surface area contributed by atoms with Crippen LogP contribution in [0.2, 0.25) is 0 Å². The fourth-order valence-corrected chi connectivity index (χ4v) is 2.26. The van der Waals surface area contributed by atoms with Crippen LogP contribution in [0.15, 0.2) is 17.7 Å². The van der Waals surface area contributed by atoms with Crippen LogP contribution in [0.5, 0.6) is 11.5 Å². The van der Waals surface area contributed by atoms with Gasteiger partial charge in [-0.05, 0) is 13.0 Å². The van der Waals surface area contributed by atoms with Gasteiger partial charge in [0.15, 0.2) is 11.3 Å². The Balaban J connectivity index is 3.19. The van der Waals surface area contributed by atoms with Gasteiger partial charge >= 0.3 is 5.69 Å². The SMILES string of the molecule is CC(C#CCN(C)C(=O)/C(C#N)=C(\O)c1cc(O)c(O)c([N+](=O)[O-])c1)C(=O)N(C)C. The molecule has 158 valence electrons. The van der Waals surface area contributed by atoms with Crippen molar-refractivity contribution in [2.75, 3.05) is 27.7 Å². The summed E-state index contributed by atoms with van der Waals surface area (Å²) in [5.74, 6) is 0.686. The number of hydrogen-bond donors (Lipinski definition) is 3. The molecule has 0 heterocycles. The number of nitrogens with zero attached hydrogens (tertiary/aromatic N) is 4. The van der Waals surface area contributed by atoms with Crippen molar-refractivity contribution in [3.63, 3.8) is 0 Å². The van der Waals surface area contributed by atoms with Gasteiger partial charge in [-0.2, -0.15) is 5.26 Å². The van der Waals surface area contributed by atoms with Gasteiger partial charge in [0.25, 0.3) is 5.91 Å². The maximum absolute atomic E-state index is 12.5. The van der Waals surface area contributed by atoms with Gasteiger partial charge in [-0.25, -0.2) is 0 Å². The minimum atomic E-state index is -1.02. The van der Waals surface area contributed by atoms with E-state index in [0.717, 1.165) is 11.0 Å². The van der Waals surface area contributed by atoms with E-state index < -0.39 is 50.8 Å². The van der Waals surface area contributed by atoms with Crippen LogP contribution in [-0.2, 0) is 9.59 Å². The van der Waals surface area contributed by atoms with Crippen molar-refractivity contribution in [1.82, 2.24) is 9.80 Å². The summed E-state index contributed by atoms with van der Waals surface area (Å²) in [6, 6.07) is 3.00. The molecule has 30 heavy (non-hydrogen) atoms. The van der Waals surface area contributed by atoms with E-state index in [-0.39, 0.29) is 12.5 Å². The Morgan fingerprint density at radius 1 is 1.27 bits per heavy atom. The molecular weight excluding hydrogens is 396 g/mol. The lowest BCUT2D eigenvalue weighted by atomic mass is 10.1. The van der Waals surface area contributed by atoms with Crippen molar-refractivity contribution in [2.24, 2.45) is 5.92 Å². The second-order valence-electron chi connectivity index (χ2n) is 6.39. The zero-order valence-corrected chi connectivity index (χ0v) is 16.7. The van der Waals surface area contributed by atoms with Gasteiger partial charge in [-0.15, -0.1) is 0 Å². The normalized spacial score (nSPS) is 11.8. The highest BCUT2D eigenvalue weighted by Gasteiger charge is 2.25. The molecule has 0 fully saturated rings. The van der Waals surface area contributed by atoms with Crippen molar-refractivity contribution in [3.05, 3.63) is 33.4 Å². The molecule has 0 aliphatic rings. The molecule has 0 saturated heterocycles. The summed E-state index contributed by atoms with van der Waals surface area (Å²) in [5.41, 5.74) is -2.08. The minimum Gasteiger partial charge on any atom is -0.506 e. The Labute approximate surface area is 172 Å². The summed E-state index contributed by atoms with van der Waals surface area (Å²) in [6.45, 7) is 1.43. The average molecular weight is 416 g/mol. The predicted octanol–water partition coefficient (Wildman–Crippen LogP) is 0.985. The summed E-state index contributed by atoms with van der Waals surface area (Å²) in [5, 5.41) is 49.6. The highest BCUT2D eigenvalue weighted by atomic mass is 16.6. The lowest BCUT2D eigenvalue weighted by Crippen LogP contribution is -2.29. The third-order valence-electron chi connectivity index (χ3n) is 3.89. The maximum Gasteiger partial charge on any atom is 0.315 e. The van der Waals surface area contributed by atoms with Crippen LogP contribution < -0.4 is 0 Å². The first-order chi connectivity index (χ1) is 13.9. The zero-order chi connectivity index (χ0) is 23.2. The number of carbonyl (C=O) groups is 2. The molecule has 0 radical (unpaired) electrons. The number of likely N-dealkylation sites (N-methyl/N-ethyl adjacent to an activating group) is 1. The number of hydrogen-bond acceptors (Lipinski definition) is 8. The predicted molar refractivity (Wildman–Crippen MR) is 105 cm³/mol. The first kappa shape index (κ1) is 23.8. The highest BCUT2D eigenvalue weighted by molar-refractivity contribution is 6.03. The second kappa shape index (κ2) is 9.80. The first-order valence-electron chi connectivity index (χ1n) is 8.41. The van der Waals surface area contributed by atoms with Crippen molar-refractivity contribution in [1.29, 1.82) is 5.26 Å². The Morgan fingerprint density at radius 2 is 1.87 bits per heavy atom. The second-order valence-corrected chi connectivity index (χ2v) is 6.39. The summed E-state index contributed by atoms with van der Waals surface area (Å²) in [6.07, 6.45) is 0. The molecule has 0 aliphatic heterocycles. The Kier molecular flexibility index (Phi) is 7.77. The molecule has 0 aliphatic carbocycles. The molecule has 0 bridgehead atoms. The van der Waals surface area contributed by atoms with Gasteiger partial charge in [-0.3, -0.25) is 19.7 Å². The van der Waals surface area contributed by atoms with E-state index in [4.69, 9.17) is 0 Å². The topological polar surface area (TPSA) is 168 Å². The number of nitriles is 1. The fraction of sp³-hybridized carbons (Fsp3) is 0.316. The quantitative estimate of drug-likeness (QED) is 0.121. The Hall–Kier alpha value is -4.25. The largest absolute Gasteiger partial charge is 0.506 e. The number of nitro groups is 1. The third kappa shape index (κ3) is 5.39. The summed E-state index contributed by atoms with van der Waals surface area (Å²) >= 11 is 0. The van der Waals surface area contributed by atoms with Crippen LogP contribution in [0.1, 0.15) is 12.5 Å². The number of aliphatic hydroxyl groups is 1. The number of phenols is 2. The van der Waals surface area contributed by atoms with Gasteiger partial charge in [0.05, 0.1) is 17.4 Å². The van der Waals surface area contributed by atoms with Crippen molar-refractivity contribution < 1.29 is 29.8 Å². The summed E-state index contributed by atoms with van der Waals surface area (Å²) in [4.78, 5) is 36.5. The van der Waals surface area contributed by atoms with E-state index in [2.05, 4.69) is 11.8 Å². The number of carbonyl (C=O) groups excluding carboxylic acids is 2. The van der Waals surface area contributed by atoms with E-state index in [1.165, 1.54) is 18.0 Å². The Morgan fingerprint density at radius 3 is 2.37 bits per heavy atom. The number of phenolic OH excluding ortho intramolecular Hbond substituents is 2. The molecule has 1 unspecified atom stereocenters. The molecule has 0 spiro atoms. The van der Waals surface area contributed by atoms with Crippen LogP contribution >= 0.6 is 0 Å². The Bertz CT molecular complexity index is 1010. The van der Waals surface area contributed by atoms with E-state index in [0.29, 0.717) is 6.07 Å². The van der Waals surface area contributed by atoms with E-state index >= 15 is 0 Å². The van der Waals surface area contributed by atoms with Crippen LogP contribution in [0, 0.1) is 39.2 Å². The standard InChI is InChI=1S/C19H20N4O7/c1-11(18(27)21(2)3)6-5-7-22(4)19(28)13(10-20)16(25)12-8-14(23(29)30)17(26)15(24)9-12/h8-9,11,24-26H,7H2,1-4H3/b16-13-. The number of aromatic hydroxyl groups is 2. The van der Waals surface area contributed by atoms with Crippen LogP contribution in [0.4, 0.5) is 5.69 Å². The maximum atomic E-state index is 12.5. The summed E-state index contributed by atoms with van der Waals surface area (Å²) in [7, 11) is 4.46. The van der Waals surface area contributed by atoms with Gasteiger partial charge in [0, 0.05) is 32.8 Å². The lowest BCUT2D eigenvalue weighted by Gasteiger charge is -2.15. The van der Waals surface area contributed by atoms with Crippen LogP contribution in [-0.4, -0.2) is 69.5 Å². The van der Waals surface area contributed by atoms with Crippen LogP contribution in [0.3, 0.4) is 0 Å². The van der Waals surface area contributed by atoms with E-state index in [1.54, 1.807) is 21.0 Å². The molecule has 2 amide bonds. The van der Waals surface area contributed by atoms with Crippen molar-refractivity contribution in [3.8, 4) is 29.4 Å². The van der Waals surface area contributed by atoms with Gasteiger partial charge in [0.1, 0.15) is 11.8 Å². The molecule has 1 atom stereocenters. The van der Waals surface area contributed by atoms with Crippen molar-refractivity contribution in [2.45, 2.75) is 6.92 Å². The molecule has 11 nitrogen and oxygen atoms in total. The monoisotopic (exact) mass is 416 g/mol. The molecular formula is C19H20N4O7. The lowest BCUT2D eigenvalue weighted by molar-refractivity contribution is -0.386. The van der Waals surface area contributed by atoms with Gasteiger partial charge in [0.2, 0.25) is 11.7 Å². The smallest absolute Gasteiger partial charge is 0.315 e. The highest BCUT2D eigenvalue weighted by Crippen LogP contribution is 2.38. The number of rotatable bonds is 5. The molecule has 0 aromatic heterocycles. The minimum absolute atomic E-state index is 0.163. The van der Waals surface area contributed by atoms with Gasteiger partial charge < -0.3 is 25.1 Å². The average Bonchev–Trinajstić information content (AvgIpc) is 2.68. The van der Waals surface area contributed by atoms with Crippen molar-refractivity contribution >= 4 is 23.3 Å². The van der Waals surface area contributed by atoms with E-state index in [9.17, 15) is 40.3 Å².